The molecule has 0 saturated heterocycles. The van der Waals surface area contributed by atoms with Crippen molar-refractivity contribution in [2.24, 2.45) is 0 Å². The molecule has 6 heteroatoms. The third-order valence-electron chi connectivity index (χ3n) is 3.68. The maximum atomic E-state index is 13.1. The number of H-pyrrole nitrogens is 1. The van der Waals surface area contributed by atoms with Crippen LogP contribution in [0.4, 0.5) is 8.78 Å². The Morgan fingerprint density at radius 3 is 2.65 bits per heavy atom. The summed E-state index contributed by atoms with van der Waals surface area (Å²) in [7, 11) is 0. The van der Waals surface area contributed by atoms with E-state index in [1.165, 1.54) is 6.20 Å². The molecule has 2 heterocycles. The Morgan fingerprint density at radius 1 is 1.04 bits per heavy atom. The minimum atomic E-state index is -2.61. The normalized spacial score (nSPS) is 11.4. The standard InChI is InChI=1S/C17H12F2N4/c18-16(19)15-10-23(17(21-15)11-4-2-1-3-5-11)13-6-7-14-12(8-13)9-20-22-14/h1-10,16H,(H,20,22). The highest BCUT2D eigenvalue weighted by atomic mass is 19.3. The van der Waals surface area contributed by atoms with Crippen LogP contribution in [0.3, 0.4) is 0 Å². The fourth-order valence-electron chi connectivity index (χ4n) is 2.57. The number of hydrogen-bond acceptors (Lipinski definition) is 2. The number of alkyl halides is 2. The summed E-state index contributed by atoms with van der Waals surface area (Å²) in [6.07, 6.45) is 0.469. The van der Waals surface area contributed by atoms with Crippen LogP contribution in [-0.4, -0.2) is 19.7 Å². The van der Waals surface area contributed by atoms with Gasteiger partial charge in [0.1, 0.15) is 11.5 Å². The molecule has 23 heavy (non-hydrogen) atoms. The number of aromatic nitrogens is 4. The number of hydrogen-bond donors (Lipinski definition) is 1. The van der Waals surface area contributed by atoms with E-state index in [1.807, 2.05) is 48.5 Å². The Kier molecular flexibility index (Phi) is 3.15. The van der Waals surface area contributed by atoms with Gasteiger partial charge < -0.3 is 0 Å². The van der Waals surface area contributed by atoms with Crippen molar-refractivity contribution in [1.29, 1.82) is 0 Å². The SMILES string of the molecule is FC(F)c1cn(-c2ccc3[nH]ncc3c2)c(-c2ccccc2)n1. The summed E-state index contributed by atoms with van der Waals surface area (Å²) in [5.74, 6) is 0.490. The minimum absolute atomic E-state index is 0.240. The lowest BCUT2D eigenvalue weighted by Crippen LogP contribution is -1.95. The molecule has 0 unspecified atom stereocenters. The van der Waals surface area contributed by atoms with E-state index in [-0.39, 0.29) is 5.69 Å². The van der Waals surface area contributed by atoms with Gasteiger partial charge in [-0.1, -0.05) is 30.3 Å². The quantitative estimate of drug-likeness (QED) is 0.611. The average molecular weight is 310 g/mol. The van der Waals surface area contributed by atoms with Crippen LogP contribution in [0.2, 0.25) is 0 Å². The van der Waals surface area contributed by atoms with Gasteiger partial charge in [-0.15, -0.1) is 0 Å². The van der Waals surface area contributed by atoms with E-state index in [9.17, 15) is 8.78 Å². The summed E-state index contributed by atoms with van der Waals surface area (Å²) in [4.78, 5) is 4.11. The summed E-state index contributed by atoms with van der Waals surface area (Å²) in [5, 5.41) is 7.76. The van der Waals surface area contributed by atoms with E-state index in [0.29, 0.717) is 5.82 Å². The number of rotatable bonds is 3. The Hall–Kier alpha value is -3.02. The summed E-state index contributed by atoms with van der Waals surface area (Å²) < 4.78 is 27.9. The van der Waals surface area contributed by atoms with Crippen LogP contribution in [0.5, 0.6) is 0 Å². The van der Waals surface area contributed by atoms with E-state index in [0.717, 1.165) is 22.2 Å². The van der Waals surface area contributed by atoms with Crippen molar-refractivity contribution in [3.63, 3.8) is 0 Å². The highest BCUT2D eigenvalue weighted by Crippen LogP contribution is 2.28. The number of aromatic amines is 1. The molecule has 0 amide bonds. The lowest BCUT2D eigenvalue weighted by atomic mass is 10.2. The third-order valence-corrected chi connectivity index (χ3v) is 3.68. The Labute approximate surface area is 130 Å². The van der Waals surface area contributed by atoms with Crippen LogP contribution in [-0.2, 0) is 0 Å². The molecule has 0 aliphatic rings. The second-order valence-corrected chi connectivity index (χ2v) is 5.17. The van der Waals surface area contributed by atoms with Gasteiger partial charge in [0.15, 0.2) is 0 Å². The van der Waals surface area contributed by atoms with Gasteiger partial charge in [0.25, 0.3) is 6.43 Å². The molecule has 0 aliphatic carbocycles. The average Bonchev–Trinajstić information content (AvgIpc) is 3.22. The molecule has 0 saturated carbocycles. The first-order valence-electron chi connectivity index (χ1n) is 7.09. The highest BCUT2D eigenvalue weighted by molar-refractivity contribution is 5.80. The molecule has 114 valence electrons. The minimum Gasteiger partial charge on any atom is -0.299 e. The largest absolute Gasteiger partial charge is 0.299 e. The van der Waals surface area contributed by atoms with Crippen LogP contribution in [0.15, 0.2) is 60.9 Å². The number of halogens is 2. The molecule has 2 aromatic heterocycles. The van der Waals surface area contributed by atoms with Crippen molar-refractivity contribution >= 4 is 10.9 Å². The van der Waals surface area contributed by atoms with Crippen LogP contribution >= 0.6 is 0 Å². The van der Waals surface area contributed by atoms with E-state index in [4.69, 9.17) is 0 Å². The topological polar surface area (TPSA) is 46.5 Å². The second-order valence-electron chi connectivity index (χ2n) is 5.17. The summed E-state index contributed by atoms with van der Waals surface area (Å²) in [5.41, 5.74) is 2.20. The van der Waals surface area contributed by atoms with Gasteiger partial charge >= 0.3 is 0 Å². The Bertz CT molecular complexity index is 957. The fourth-order valence-corrected chi connectivity index (χ4v) is 2.57. The number of imidazole rings is 1. The molecule has 1 N–H and O–H groups in total. The summed E-state index contributed by atoms with van der Waals surface area (Å²) in [6.45, 7) is 0. The second kappa shape index (κ2) is 5.31. The number of fused-ring (bicyclic) bond motifs is 1. The fraction of sp³-hybridized carbons (Fsp3) is 0.0588. The number of nitrogens with one attached hydrogen (secondary N) is 1. The van der Waals surface area contributed by atoms with Crippen molar-refractivity contribution < 1.29 is 8.78 Å². The molecule has 0 atom stereocenters. The van der Waals surface area contributed by atoms with E-state index < -0.39 is 6.43 Å². The van der Waals surface area contributed by atoms with E-state index in [1.54, 1.807) is 10.8 Å². The smallest absolute Gasteiger partial charge is 0.281 e. The Balaban J connectivity index is 1.92. The van der Waals surface area contributed by atoms with Gasteiger partial charge in [-0.25, -0.2) is 13.8 Å². The molecule has 0 aliphatic heterocycles. The predicted molar refractivity (Wildman–Crippen MR) is 83.6 cm³/mol. The van der Waals surface area contributed by atoms with Crippen molar-refractivity contribution in [3.05, 3.63) is 66.6 Å². The number of nitrogens with zero attached hydrogens (tertiary/aromatic N) is 3. The molecule has 4 nitrogen and oxygen atoms in total. The molecule has 2 aromatic carbocycles. The first kappa shape index (κ1) is 13.6. The van der Waals surface area contributed by atoms with Gasteiger partial charge in [0.05, 0.1) is 11.7 Å². The van der Waals surface area contributed by atoms with Gasteiger partial charge in [0, 0.05) is 22.8 Å². The van der Waals surface area contributed by atoms with Gasteiger partial charge in [-0.2, -0.15) is 5.10 Å². The molecule has 0 radical (unpaired) electrons. The lowest BCUT2D eigenvalue weighted by Gasteiger charge is -2.08. The van der Waals surface area contributed by atoms with Crippen molar-refractivity contribution in [2.75, 3.05) is 0 Å². The molecule has 0 spiro atoms. The summed E-state index contributed by atoms with van der Waals surface area (Å²) >= 11 is 0. The third kappa shape index (κ3) is 2.38. The van der Waals surface area contributed by atoms with Crippen molar-refractivity contribution in [2.45, 2.75) is 6.43 Å². The predicted octanol–water partition coefficient (Wildman–Crippen LogP) is 4.35. The zero-order valence-corrected chi connectivity index (χ0v) is 11.9. The molecule has 4 rings (SSSR count). The first-order valence-corrected chi connectivity index (χ1v) is 7.09. The summed E-state index contributed by atoms with van der Waals surface area (Å²) in [6, 6.07) is 14.9. The van der Waals surface area contributed by atoms with Crippen LogP contribution in [0.1, 0.15) is 12.1 Å². The zero-order valence-electron chi connectivity index (χ0n) is 11.9. The monoisotopic (exact) mass is 310 g/mol. The van der Waals surface area contributed by atoms with E-state index >= 15 is 0 Å². The lowest BCUT2D eigenvalue weighted by molar-refractivity contribution is 0.146. The maximum Gasteiger partial charge on any atom is 0.281 e. The molecule has 4 aromatic rings. The molecular formula is C17H12F2N4. The molecule has 0 fully saturated rings. The number of benzene rings is 2. The highest BCUT2D eigenvalue weighted by Gasteiger charge is 2.17. The maximum absolute atomic E-state index is 13.1. The van der Waals surface area contributed by atoms with E-state index in [2.05, 4.69) is 15.2 Å². The zero-order chi connectivity index (χ0) is 15.8. The van der Waals surface area contributed by atoms with Crippen LogP contribution < -0.4 is 0 Å². The van der Waals surface area contributed by atoms with Crippen molar-refractivity contribution in [1.82, 2.24) is 19.7 Å². The molecular weight excluding hydrogens is 298 g/mol. The van der Waals surface area contributed by atoms with Gasteiger partial charge in [0.2, 0.25) is 0 Å². The van der Waals surface area contributed by atoms with Crippen LogP contribution in [0.25, 0.3) is 28.0 Å². The Morgan fingerprint density at radius 2 is 1.87 bits per heavy atom. The van der Waals surface area contributed by atoms with Crippen LogP contribution in [0, 0.1) is 0 Å². The molecule has 0 bridgehead atoms. The first-order chi connectivity index (χ1) is 11.2. The van der Waals surface area contributed by atoms with Crippen molar-refractivity contribution in [3.8, 4) is 17.1 Å². The van der Waals surface area contributed by atoms with Gasteiger partial charge in [-0.3, -0.25) is 9.67 Å². The van der Waals surface area contributed by atoms with Gasteiger partial charge in [-0.05, 0) is 18.2 Å².